The van der Waals surface area contributed by atoms with Crippen LogP contribution in [0.15, 0.2) is 30.3 Å². The van der Waals surface area contributed by atoms with E-state index in [4.69, 9.17) is 6.42 Å². The number of urea groups is 1. The van der Waals surface area contributed by atoms with E-state index in [1.54, 1.807) is 14.0 Å². The van der Waals surface area contributed by atoms with Gasteiger partial charge in [0, 0.05) is 12.6 Å². The molecule has 0 fully saturated rings. The van der Waals surface area contributed by atoms with Crippen molar-refractivity contribution in [1.82, 2.24) is 20.4 Å². The highest BCUT2D eigenvalue weighted by atomic mass is 32.1. The number of aromatic nitrogens is 2. The molecule has 5 nitrogen and oxygen atoms in total. The molecular weight excluding hydrogens is 284 g/mol. The summed E-state index contributed by atoms with van der Waals surface area (Å²) in [7, 11) is 1.66. The summed E-state index contributed by atoms with van der Waals surface area (Å²) < 4.78 is 0. The van der Waals surface area contributed by atoms with E-state index in [1.807, 2.05) is 30.3 Å². The fourth-order valence-corrected chi connectivity index (χ4v) is 2.37. The Bertz CT molecular complexity index is 647. The molecular formula is C15H16N4OS. The zero-order valence-electron chi connectivity index (χ0n) is 11.9. The van der Waals surface area contributed by atoms with Gasteiger partial charge in [-0.15, -0.1) is 16.6 Å². The lowest BCUT2D eigenvalue weighted by Gasteiger charge is -2.20. The summed E-state index contributed by atoms with van der Waals surface area (Å²) in [5, 5.41) is 12.6. The fourth-order valence-electron chi connectivity index (χ4n) is 1.59. The number of carbonyl (C=O) groups is 1. The summed E-state index contributed by atoms with van der Waals surface area (Å²) in [6, 6.07) is 9.34. The van der Waals surface area contributed by atoms with Crippen LogP contribution in [0.25, 0.3) is 10.6 Å². The Morgan fingerprint density at radius 1 is 1.43 bits per heavy atom. The Balaban J connectivity index is 1.95. The number of terminal acetylenes is 1. The maximum absolute atomic E-state index is 11.9. The van der Waals surface area contributed by atoms with Crippen LogP contribution in [0.1, 0.15) is 11.9 Å². The van der Waals surface area contributed by atoms with Crippen molar-refractivity contribution in [1.29, 1.82) is 0 Å². The molecule has 2 rings (SSSR count). The van der Waals surface area contributed by atoms with E-state index in [0.29, 0.717) is 6.54 Å². The first-order chi connectivity index (χ1) is 10.1. The maximum Gasteiger partial charge on any atom is 0.318 e. The fraction of sp³-hybridized carbons (Fsp3) is 0.267. The second-order valence-corrected chi connectivity index (χ2v) is 5.54. The first kappa shape index (κ1) is 15.0. The largest absolute Gasteiger partial charge is 0.331 e. The van der Waals surface area contributed by atoms with Crippen LogP contribution in [0.3, 0.4) is 0 Å². The molecule has 1 aromatic carbocycles. The number of nitrogens with zero attached hydrogens (tertiary/aromatic N) is 3. The van der Waals surface area contributed by atoms with E-state index in [0.717, 1.165) is 15.6 Å². The number of hydrogen-bond donors (Lipinski definition) is 1. The van der Waals surface area contributed by atoms with Gasteiger partial charge < -0.3 is 10.2 Å². The molecule has 0 saturated carbocycles. The predicted molar refractivity (Wildman–Crippen MR) is 83.6 cm³/mol. The average Bonchev–Trinajstić information content (AvgIpc) is 3.01. The second-order valence-electron chi connectivity index (χ2n) is 4.48. The molecule has 2 aromatic rings. The number of rotatable bonds is 4. The Morgan fingerprint density at radius 3 is 2.81 bits per heavy atom. The monoisotopic (exact) mass is 300 g/mol. The molecule has 21 heavy (non-hydrogen) atoms. The highest BCUT2D eigenvalue weighted by Crippen LogP contribution is 2.22. The number of nitrogens with one attached hydrogen (secondary N) is 1. The third kappa shape index (κ3) is 3.80. The van der Waals surface area contributed by atoms with Crippen molar-refractivity contribution < 1.29 is 4.79 Å². The lowest BCUT2D eigenvalue weighted by molar-refractivity contribution is 0.203. The Hall–Kier alpha value is -2.39. The quantitative estimate of drug-likeness (QED) is 0.882. The van der Waals surface area contributed by atoms with Gasteiger partial charge in [0.1, 0.15) is 10.0 Å². The number of carbonyl (C=O) groups excluding carboxylic acids is 1. The van der Waals surface area contributed by atoms with Crippen molar-refractivity contribution in [3.8, 4) is 22.9 Å². The van der Waals surface area contributed by atoms with Crippen molar-refractivity contribution in [2.75, 3.05) is 7.05 Å². The normalized spacial score (nSPS) is 11.5. The van der Waals surface area contributed by atoms with Gasteiger partial charge in [0.2, 0.25) is 0 Å². The molecule has 0 unspecified atom stereocenters. The van der Waals surface area contributed by atoms with E-state index in [1.165, 1.54) is 16.2 Å². The van der Waals surface area contributed by atoms with Crippen LogP contribution in [-0.2, 0) is 6.54 Å². The molecule has 0 saturated heterocycles. The second kappa shape index (κ2) is 6.86. The van der Waals surface area contributed by atoms with Gasteiger partial charge in [0.25, 0.3) is 0 Å². The van der Waals surface area contributed by atoms with E-state index in [2.05, 4.69) is 21.4 Å². The summed E-state index contributed by atoms with van der Waals surface area (Å²) in [4.78, 5) is 13.3. The lowest BCUT2D eigenvalue weighted by atomic mass is 10.2. The van der Waals surface area contributed by atoms with Crippen LogP contribution >= 0.6 is 11.3 Å². The van der Waals surface area contributed by atoms with Gasteiger partial charge in [-0.2, -0.15) is 0 Å². The number of benzene rings is 1. The molecule has 0 bridgehead atoms. The van der Waals surface area contributed by atoms with Crippen molar-refractivity contribution in [3.05, 3.63) is 35.3 Å². The molecule has 0 aliphatic heterocycles. The average molecular weight is 300 g/mol. The predicted octanol–water partition coefficient (Wildman–Crippen LogP) is 2.37. The van der Waals surface area contributed by atoms with Gasteiger partial charge in [0.05, 0.1) is 12.6 Å². The summed E-state index contributed by atoms with van der Waals surface area (Å²) >= 11 is 1.46. The van der Waals surface area contributed by atoms with Gasteiger partial charge in [-0.25, -0.2) is 4.79 Å². The summed E-state index contributed by atoms with van der Waals surface area (Å²) in [6.07, 6.45) is 5.29. The molecule has 108 valence electrons. The zero-order valence-corrected chi connectivity index (χ0v) is 12.7. The lowest BCUT2D eigenvalue weighted by Crippen LogP contribution is -2.41. The van der Waals surface area contributed by atoms with Crippen LogP contribution in [0, 0.1) is 12.3 Å². The molecule has 1 N–H and O–H groups in total. The van der Waals surface area contributed by atoms with E-state index >= 15 is 0 Å². The molecule has 1 heterocycles. The first-order valence-corrected chi connectivity index (χ1v) is 7.28. The third-order valence-electron chi connectivity index (χ3n) is 3.02. The highest BCUT2D eigenvalue weighted by Gasteiger charge is 2.14. The van der Waals surface area contributed by atoms with Crippen LogP contribution < -0.4 is 5.32 Å². The standard InChI is InChI=1S/C15H16N4OS/c1-4-11(2)19(3)15(20)16-10-13-17-18-14(21-13)12-8-6-5-7-9-12/h1,5-9,11H,10H2,2-3H3,(H,16,20)/t11-/m1/s1. The molecule has 0 radical (unpaired) electrons. The maximum atomic E-state index is 11.9. The molecule has 0 spiro atoms. The smallest absolute Gasteiger partial charge is 0.318 e. The number of hydrogen-bond acceptors (Lipinski definition) is 4. The molecule has 1 atom stereocenters. The SMILES string of the molecule is C#C[C@@H](C)N(C)C(=O)NCc1nnc(-c2ccccc2)s1. The summed E-state index contributed by atoms with van der Waals surface area (Å²) in [5.74, 6) is 2.51. The van der Waals surface area contributed by atoms with Gasteiger partial charge in [-0.05, 0) is 6.92 Å². The Labute approximate surface area is 128 Å². The van der Waals surface area contributed by atoms with Crippen LogP contribution in [-0.4, -0.2) is 34.2 Å². The Morgan fingerprint density at radius 2 is 2.14 bits per heavy atom. The van der Waals surface area contributed by atoms with Gasteiger partial charge >= 0.3 is 6.03 Å². The minimum Gasteiger partial charge on any atom is -0.331 e. The highest BCUT2D eigenvalue weighted by molar-refractivity contribution is 7.14. The van der Waals surface area contributed by atoms with Crippen molar-refractivity contribution in [2.24, 2.45) is 0 Å². The topological polar surface area (TPSA) is 58.1 Å². The van der Waals surface area contributed by atoms with Crippen molar-refractivity contribution >= 4 is 17.4 Å². The van der Waals surface area contributed by atoms with Crippen LogP contribution in [0.5, 0.6) is 0 Å². The van der Waals surface area contributed by atoms with E-state index in [-0.39, 0.29) is 12.1 Å². The van der Waals surface area contributed by atoms with E-state index < -0.39 is 0 Å². The van der Waals surface area contributed by atoms with Gasteiger partial charge in [0.15, 0.2) is 0 Å². The molecule has 2 amide bonds. The minimum atomic E-state index is -0.251. The van der Waals surface area contributed by atoms with Crippen molar-refractivity contribution in [3.63, 3.8) is 0 Å². The molecule has 6 heteroatoms. The van der Waals surface area contributed by atoms with E-state index in [9.17, 15) is 4.79 Å². The number of amides is 2. The Kier molecular flexibility index (Phi) is 4.90. The van der Waals surface area contributed by atoms with Crippen LogP contribution in [0.2, 0.25) is 0 Å². The molecule has 0 aliphatic rings. The van der Waals surface area contributed by atoms with Gasteiger partial charge in [-0.3, -0.25) is 0 Å². The van der Waals surface area contributed by atoms with Gasteiger partial charge in [-0.1, -0.05) is 47.6 Å². The van der Waals surface area contributed by atoms with Crippen molar-refractivity contribution in [2.45, 2.75) is 19.5 Å². The van der Waals surface area contributed by atoms with Crippen LogP contribution in [0.4, 0.5) is 4.79 Å². The summed E-state index contributed by atoms with van der Waals surface area (Å²) in [5.41, 5.74) is 1.02. The molecule has 0 aliphatic carbocycles. The third-order valence-corrected chi connectivity index (χ3v) is 3.99. The first-order valence-electron chi connectivity index (χ1n) is 6.46. The molecule has 1 aromatic heterocycles. The zero-order chi connectivity index (χ0) is 15.2. The minimum absolute atomic E-state index is 0.225. The summed E-state index contributed by atoms with van der Waals surface area (Å²) in [6.45, 7) is 2.13.